The second-order valence-electron chi connectivity index (χ2n) is 9.68. The summed E-state index contributed by atoms with van der Waals surface area (Å²) >= 11 is 0. The lowest BCUT2D eigenvalue weighted by molar-refractivity contribution is -0.193. The summed E-state index contributed by atoms with van der Waals surface area (Å²) in [5.74, 6) is -4.77. The van der Waals surface area contributed by atoms with Gasteiger partial charge in [0.1, 0.15) is 5.82 Å². The number of likely N-dealkylation sites (tertiary alicyclic amines) is 1. The Morgan fingerprint density at radius 3 is 2.07 bits per heavy atom. The van der Waals surface area contributed by atoms with Crippen molar-refractivity contribution < 1.29 is 46.1 Å². The van der Waals surface area contributed by atoms with Crippen LogP contribution in [0.3, 0.4) is 0 Å². The van der Waals surface area contributed by atoms with Crippen molar-refractivity contribution in [3.05, 3.63) is 74.6 Å². The number of carbonyl (C=O) groups is 2. The number of aromatic nitrogens is 6. The summed E-state index contributed by atoms with van der Waals surface area (Å²) in [4.78, 5) is 49.7. The van der Waals surface area contributed by atoms with E-state index < -0.39 is 35.4 Å². The number of fused-ring (bicyclic) bond motifs is 2. The molecule has 3 aromatic heterocycles. The standard InChI is InChI=1S/C20H23N7O2.2C2HF3O2/c1-24-11-15(10-22-24)12-25-8-5-20(14-25)6-9-26-17(28)18(29)27(23-19(20)26)13-16-4-2-3-7-21-16;2*3-2(4,5)1(6)7/h2-4,7,10-11H,5-6,8-9,12-14H2,1H3;2*(H,6,7). The number of aryl methyl sites for hydroxylation is 1. The molecule has 43 heavy (non-hydrogen) atoms. The molecular weight excluding hydrogens is 596 g/mol. The quantitative estimate of drug-likeness (QED) is 0.321. The number of hydrogen-bond acceptors (Lipinski definition) is 8. The Morgan fingerprint density at radius 1 is 0.953 bits per heavy atom. The lowest BCUT2D eigenvalue weighted by Crippen LogP contribution is -2.45. The van der Waals surface area contributed by atoms with Gasteiger partial charge in [-0.05, 0) is 31.5 Å². The summed E-state index contributed by atoms with van der Waals surface area (Å²) in [7, 11) is 1.92. The highest BCUT2D eigenvalue weighted by Gasteiger charge is 2.47. The lowest BCUT2D eigenvalue weighted by Gasteiger charge is -2.23. The van der Waals surface area contributed by atoms with Gasteiger partial charge in [0.25, 0.3) is 0 Å². The van der Waals surface area contributed by atoms with E-state index in [2.05, 4.69) is 20.1 Å². The van der Waals surface area contributed by atoms with Gasteiger partial charge in [-0.2, -0.15) is 36.5 Å². The first-order valence-electron chi connectivity index (χ1n) is 12.4. The van der Waals surface area contributed by atoms with Gasteiger partial charge in [-0.15, -0.1) is 0 Å². The summed E-state index contributed by atoms with van der Waals surface area (Å²) in [5, 5.41) is 23.2. The number of carboxylic acid groups (broad SMARTS) is 2. The molecule has 19 heteroatoms. The molecule has 0 radical (unpaired) electrons. The molecule has 13 nitrogen and oxygen atoms in total. The third kappa shape index (κ3) is 8.27. The first-order valence-corrected chi connectivity index (χ1v) is 12.4. The molecule has 1 fully saturated rings. The van der Waals surface area contributed by atoms with Crippen molar-refractivity contribution in [2.24, 2.45) is 7.05 Å². The van der Waals surface area contributed by atoms with Crippen LogP contribution in [0.2, 0.25) is 0 Å². The second-order valence-corrected chi connectivity index (χ2v) is 9.68. The highest BCUT2D eigenvalue weighted by Crippen LogP contribution is 2.40. The molecule has 0 aromatic carbocycles. The smallest absolute Gasteiger partial charge is 0.475 e. The van der Waals surface area contributed by atoms with Gasteiger partial charge in [0.2, 0.25) is 0 Å². The number of alkyl halides is 6. The third-order valence-corrected chi connectivity index (χ3v) is 6.54. The Kier molecular flexibility index (Phi) is 9.78. The molecule has 2 aliphatic heterocycles. The lowest BCUT2D eigenvalue weighted by atomic mass is 9.85. The van der Waals surface area contributed by atoms with Crippen molar-refractivity contribution in [2.75, 3.05) is 13.1 Å². The van der Waals surface area contributed by atoms with Crippen molar-refractivity contribution in [3.63, 3.8) is 0 Å². The van der Waals surface area contributed by atoms with Crippen LogP contribution in [0.5, 0.6) is 0 Å². The monoisotopic (exact) mass is 621 g/mol. The minimum absolute atomic E-state index is 0.180. The Morgan fingerprint density at radius 2 is 1.56 bits per heavy atom. The van der Waals surface area contributed by atoms with E-state index >= 15 is 0 Å². The maximum Gasteiger partial charge on any atom is 0.490 e. The van der Waals surface area contributed by atoms with Crippen LogP contribution in [0.1, 0.15) is 29.9 Å². The maximum absolute atomic E-state index is 12.7. The number of pyridine rings is 1. The number of nitrogens with zero attached hydrogens (tertiary/aromatic N) is 7. The molecular formula is C24H25F6N7O6. The summed E-state index contributed by atoms with van der Waals surface area (Å²) in [6, 6.07) is 5.52. The molecule has 0 aliphatic carbocycles. The fourth-order valence-electron chi connectivity index (χ4n) is 4.62. The minimum Gasteiger partial charge on any atom is -0.475 e. The van der Waals surface area contributed by atoms with Crippen molar-refractivity contribution in [2.45, 2.75) is 50.2 Å². The Labute approximate surface area is 237 Å². The summed E-state index contributed by atoms with van der Waals surface area (Å²) in [6.07, 6.45) is -2.80. The van der Waals surface area contributed by atoms with E-state index in [1.165, 1.54) is 10.2 Å². The first-order chi connectivity index (χ1) is 19.9. The van der Waals surface area contributed by atoms with Crippen LogP contribution in [0.15, 0.2) is 46.4 Å². The SMILES string of the molecule is Cn1cc(CN2CCC3(CCn4c3nn(Cc3ccccn3)c(=O)c4=O)C2)cn1.O=C(O)C(F)(F)F.O=C(O)C(F)(F)F. The van der Waals surface area contributed by atoms with E-state index in [-0.39, 0.29) is 12.0 Å². The molecule has 5 rings (SSSR count). The average Bonchev–Trinajstić information content (AvgIpc) is 3.62. The van der Waals surface area contributed by atoms with Crippen LogP contribution in [-0.2, 0) is 41.7 Å². The number of carboxylic acids is 2. The van der Waals surface area contributed by atoms with E-state index in [0.717, 1.165) is 38.3 Å². The predicted octanol–water partition coefficient (Wildman–Crippen LogP) is 1.40. The normalized spacial score (nSPS) is 17.9. The van der Waals surface area contributed by atoms with Gasteiger partial charge in [0, 0.05) is 50.1 Å². The fraction of sp³-hybridized carbons (Fsp3) is 0.458. The van der Waals surface area contributed by atoms with Crippen molar-refractivity contribution in [3.8, 4) is 0 Å². The molecule has 1 unspecified atom stereocenters. The number of rotatable bonds is 4. The van der Waals surface area contributed by atoms with Gasteiger partial charge < -0.3 is 10.2 Å². The third-order valence-electron chi connectivity index (χ3n) is 6.54. The van der Waals surface area contributed by atoms with Gasteiger partial charge in [0.05, 0.1) is 18.4 Å². The van der Waals surface area contributed by atoms with Gasteiger partial charge in [-0.25, -0.2) is 14.3 Å². The first kappa shape index (κ1) is 33.0. The van der Waals surface area contributed by atoms with E-state index in [1.54, 1.807) is 10.8 Å². The van der Waals surface area contributed by atoms with Crippen LogP contribution >= 0.6 is 0 Å². The second kappa shape index (κ2) is 12.8. The van der Waals surface area contributed by atoms with Gasteiger partial charge in [-0.1, -0.05) is 6.07 Å². The number of aliphatic carboxylic acids is 2. The molecule has 234 valence electrons. The molecule has 3 aromatic rings. The zero-order chi connectivity index (χ0) is 32.2. The molecule has 1 atom stereocenters. The summed E-state index contributed by atoms with van der Waals surface area (Å²) in [6.45, 7) is 3.35. The maximum atomic E-state index is 12.7. The van der Waals surface area contributed by atoms with E-state index in [1.807, 2.05) is 42.3 Å². The van der Waals surface area contributed by atoms with Crippen LogP contribution < -0.4 is 11.1 Å². The van der Waals surface area contributed by atoms with Crippen molar-refractivity contribution >= 4 is 11.9 Å². The molecule has 2 aliphatic rings. The van der Waals surface area contributed by atoms with Crippen molar-refractivity contribution in [1.82, 2.24) is 34.0 Å². The zero-order valence-electron chi connectivity index (χ0n) is 22.3. The molecule has 0 amide bonds. The number of halogens is 6. The Bertz CT molecular complexity index is 1540. The minimum atomic E-state index is -5.08. The molecule has 0 bridgehead atoms. The van der Waals surface area contributed by atoms with E-state index in [0.29, 0.717) is 12.2 Å². The van der Waals surface area contributed by atoms with Crippen LogP contribution in [-0.4, -0.2) is 81.6 Å². The average molecular weight is 621 g/mol. The highest BCUT2D eigenvalue weighted by atomic mass is 19.4. The molecule has 1 saturated heterocycles. The zero-order valence-corrected chi connectivity index (χ0v) is 22.3. The molecule has 5 heterocycles. The highest BCUT2D eigenvalue weighted by molar-refractivity contribution is 5.73. The Hall–Kier alpha value is -4.55. The predicted molar refractivity (Wildman–Crippen MR) is 133 cm³/mol. The van der Waals surface area contributed by atoms with Gasteiger partial charge in [-0.3, -0.25) is 28.7 Å². The van der Waals surface area contributed by atoms with Gasteiger partial charge >= 0.3 is 35.4 Å². The number of hydrogen-bond donors (Lipinski definition) is 2. The van der Waals surface area contributed by atoms with Crippen molar-refractivity contribution in [1.29, 1.82) is 0 Å². The summed E-state index contributed by atoms with van der Waals surface area (Å²) < 4.78 is 68.2. The van der Waals surface area contributed by atoms with Crippen LogP contribution in [0.25, 0.3) is 0 Å². The van der Waals surface area contributed by atoms with Crippen LogP contribution in [0, 0.1) is 0 Å². The topological polar surface area (TPSA) is 165 Å². The molecule has 1 spiro atoms. The van der Waals surface area contributed by atoms with Gasteiger partial charge in [0.15, 0.2) is 0 Å². The van der Waals surface area contributed by atoms with Crippen LogP contribution in [0.4, 0.5) is 26.3 Å². The molecule has 0 saturated carbocycles. The Balaban J connectivity index is 0.000000303. The van der Waals surface area contributed by atoms with E-state index in [9.17, 15) is 35.9 Å². The largest absolute Gasteiger partial charge is 0.490 e. The fourth-order valence-corrected chi connectivity index (χ4v) is 4.62. The summed E-state index contributed by atoms with van der Waals surface area (Å²) in [5.41, 5.74) is 0.646. The van der Waals surface area contributed by atoms with E-state index in [4.69, 9.17) is 19.8 Å². The molecule has 2 N–H and O–H groups in total.